The van der Waals surface area contributed by atoms with Gasteiger partial charge < -0.3 is 25.2 Å². The van der Waals surface area contributed by atoms with Crippen LogP contribution in [0.25, 0.3) is 0 Å². The van der Waals surface area contributed by atoms with E-state index in [1.54, 1.807) is 12.2 Å². The van der Waals surface area contributed by atoms with E-state index in [0.717, 1.165) is 17.7 Å². The fourth-order valence-electron chi connectivity index (χ4n) is 2.01. The lowest BCUT2D eigenvalue weighted by Gasteiger charge is -2.20. The first-order chi connectivity index (χ1) is 11.3. The number of aliphatic hydroxyl groups excluding tert-OH is 3. The van der Waals surface area contributed by atoms with Gasteiger partial charge in [-0.15, -0.1) is 0 Å². The molecule has 24 heavy (non-hydrogen) atoms. The number of carboxylic acid groups (broad SMARTS) is 1. The minimum atomic E-state index is -1.04. The lowest BCUT2D eigenvalue weighted by Crippen LogP contribution is -2.10. The number of hydrogen-bond acceptors (Lipinski definition) is 5. The second-order valence-electron chi connectivity index (χ2n) is 5.25. The molecule has 0 aromatic carbocycles. The Morgan fingerprint density at radius 2 is 2.04 bits per heavy atom. The first-order valence-electron chi connectivity index (χ1n) is 7.43. The molecule has 1 aliphatic carbocycles. The quantitative estimate of drug-likeness (QED) is 0.232. The Labute approximate surface area is 140 Å². The van der Waals surface area contributed by atoms with Crippen molar-refractivity contribution in [1.29, 1.82) is 0 Å². The average molecular weight is 334 g/mol. The van der Waals surface area contributed by atoms with E-state index in [2.05, 4.69) is 6.58 Å². The van der Waals surface area contributed by atoms with Crippen molar-refractivity contribution in [3.8, 4) is 0 Å². The Hall–Kier alpha value is -2.89. The van der Waals surface area contributed by atoms with Crippen molar-refractivity contribution in [3.05, 3.63) is 71.6 Å². The zero-order valence-corrected chi connectivity index (χ0v) is 13.5. The molecule has 130 valence electrons. The predicted octanol–water partition coefficient (Wildman–Crippen LogP) is 3.84. The van der Waals surface area contributed by atoms with E-state index >= 15 is 0 Å². The van der Waals surface area contributed by atoms with Gasteiger partial charge in [-0.2, -0.15) is 0 Å². The van der Waals surface area contributed by atoms with Gasteiger partial charge in [-0.25, -0.2) is 4.79 Å². The standard InChI is InChI=1S/C18H22O6/c1-3-14(19)15(20)6-4-5-9-24-17-11-13(7-8-18(22)23)12(2)10-16(17)21/h3-4,6-8,11-12,19-21H,1,5,9-10H2,2H3,(H,22,23)/b6-4-,8-7+,15-14-/t12-/m1/s1. The Kier molecular flexibility index (Phi) is 7.42. The van der Waals surface area contributed by atoms with Gasteiger partial charge in [0.25, 0.3) is 0 Å². The van der Waals surface area contributed by atoms with Crippen molar-refractivity contribution in [1.82, 2.24) is 0 Å². The molecule has 6 heteroatoms. The summed E-state index contributed by atoms with van der Waals surface area (Å²) < 4.78 is 5.49. The summed E-state index contributed by atoms with van der Waals surface area (Å²) in [7, 11) is 0. The van der Waals surface area contributed by atoms with Crippen LogP contribution < -0.4 is 0 Å². The van der Waals surface area contributed by atoms with E-state index in [1.807, 2.05) is 6.92 Å². The maximum absolute atomic E-state index is 10.6. The minimum absolute atomic E-state index is 0.00295. The number of carbonyl (C=O) groups is 1. The molecule has 0 spiro atoms. The number of hydrogen-bond donors (Lipinski definition) is 4. The highest BCUT2D eigenvalue weighted by Gasteiger charge is 2.19. The molecule has 4 N–H and O–H groups in total. The van der Waals surface area contributed by atoms with Gasteiger partial charge in [-0.05, 0) is 36.1 Å². The SMILES string of the molecule is C=C/C(O)=C(O)\C=C/CCOC1=C(O)C[C@@H](C)C(/C=C/C(=O)O)=C1. The summed E-state index contributed by atoms with van der Waals surface area (Å²) in [5.74, 6) is -1.22. The molecule has 0 saturated heterocycles. The lowest BCUT2D eigenvalue weighted by atomic mass is 9.91. The molecule has 0 bridgehead atoms. The van der Waals surface area contributed by atoms with Gasteiger partial charge in [0.15, 0.2) is 17.3 Å². The van der Waals surface area contributed by atoms with E-state index in [4.69, 9.17) is 9.84 Å². The van der Waals surface area contributed by atoms with E-state index in [1.165, 1.54) is 12.2 Å². The van der Waals surface area contributed by atoms with Crippen LogP contribution in [0, 0.1) is 5.92 Å². The van der Waals surface area contributed by atoms with Gasteiger partial charge in [-0.3, -0.25) is 0 Å². The molecule has 0 saturated carbocycles. The third-order valence-electron chi connectivity index (χ3n) is 3.34. The molecule has 0 aromatic heterocycles. The maximum atomic E-state index is 10.6. The normalized spacial score (nSPS) is 19.4. The van der Waals surface area contributed by atoms with Gasteiger partial charge in [-0.1, -0.05) is 25.7 Å². The summed E-state index contributed by atoms with van der Waals surface area (Å²) in [6, 6.07) is 0. The van der Waals surface area contributed by atoms with E-state index in [-0.39, 0.29) is 29.8 Å². The highest BCUT2D eigenvalue weighted by Crippen LogP contribution is 2.29. The van der Waals surface area contributed by atoms with Crippen molar-refractivity contribution in [2.75, 3.05) is 6.61 Å². The summed E-state index contributed by atoms with van der Waals surface area (Å²) in [6.45, 7) is 5.46. The maximum Gasteiger partial charge on any atom is 0.328 e. The molecule has 0 aliphatic heterocycles. The van der Waals surface area contributed by atoms with Crippen LogP contribution in [-0.4, -0.2) is 33.0 Å². The second kappa shape index (κ2) is 9.29. The van der Waals surface area contributed by atoms with Crippen LogP contribution in [0.1, 0.15) is 19.8 Å². The molecular weight excluding hydrogens is 312 g/mol. The van der Waals surface area contributed by atoms with Gasteiger partial charge in [0.05, 0.1) is 6.61 Å². The first kappa shape index (κ1) is 19.2. The van der Waals surface area contributed by atoms with Crippen LogP contribution in [0.5, 0.6) is 0 Å². The monoisotopic (exact) mass is 334 g/mol. The lowest BCUT2D eigenvalue weighted by molar-refractivity contribution is -0.131. The molecule has 1 rings (SSSR count). The largest absolute Gasteiger partial charge is 0.508 e. The van der Waals surface area contributed by atoms with Crippen LogP contribution in [0.15, 0.2) is 71.6 Å². The number of carboxylic acids is 1. The molecule has 6 nitrogen and oxygen atoms in total. The van der Waals surface area contributed by atoms with E-state index in [9.17, 15) is 20.1 Å². The fraction of sp³-hybridized carbons (Fsp3) is 0.278. The summed E-state index contributed by atoms with van der Waals surface area (Å²) in [6.07, 6.45) is 9.02. The summed E-state index contributed by atoms with van der Waals surface area (Å²) in [5, 5.41) is 37.2. The number of ether oxygens (including phenoxy) is 1. The van der Waals surface area contributed by atoms with Crippen LogP contribution in [0.3, 0.4) is 0 Å². The van der Waals surface area contributed by atoms with Gasteiger partial charge in [0, 0.05) is 12.5 Å². The molecule has 0 fully saturated rings. The highest BCUT2D eigenvalue weighted by molar-refractivity contribution is 5.80. The molecular formula is C18H22O6. The van der Waals surface area contributed by atoms with Crippen molar-refractivity contribution in [3.63, 3.8) is 0 Å². The Balaban J connectivity index is 2.63. The molecule has 1 atom stereocenters. The summed E-state index contributed by atoms with van der Waals surface area (Å²) in [4.78, 5) is 10.6. The fourth-order valence-corrected chi connectivity index (χ4v) is 2.01. The average Bonchev–Trinajstić information content (AvgIpc) is 2.54. The minimum Gasteiger partial charge on any atom is -0.508 e. The number of aliphatic hydroxyl groups is 3. The Morgan fingerprint density at radius 1 is 1.33 bits per heavy atom. The molecule has 0 amide bonds. The van der Waals surface area contributed by atoms with Crippen molar-refractivity contribution >= 4 is 5.97 Å². The summed E-state index contributed by atoms with van der Waals surface area (Å²) >= 11 is 0. The molecule has 0 heterocycles. The van der Waals surface area contributed by atoms with Crippen LogP contribution in [-0.2, 0) is 9.53 Å². The zero-order valence-electron chi connectivity index (χ0n) is 13.5. The third-order valence-corrected chi connectivity index (χ3v) is 3.34. The number of rotatable bonds is 8. The molecule has 0 radical (unpaired) electrons. The predicted molar refractivity (Wildman–Crippen MR) is 90.5 cm³/mol. The smallest absolute Gasteiger partial charge is 0.328 e. The topological polar surface area (TPSA) is 107 Å². The third kappa shape index (κ3) is 6.08. The van der Waals surface area contributed by atoms with Crippen LogP contribution in [0.4, 0.5) is 0 Å². The van der Waals surface area contributed by atoms with Gasteiger partial charge >= 0.3 is 5.97 Å². The van der Waals surface area contributed by atoms with E-state index in [0.29, 0.717) is 18.6 Å². The van der Waals surface area contributed by atoms with Crippen LogP contribution in [0.2, 0.25) is 0 Å². The van der Waals surface area contributed by atoms with Crippen molar-refractivity contribution in [2.45, 2.75) is 19.8 Å². The highest BCUT2D eigenvalue weighted by atomic mass is 16.5. The second-order valence-corrected chi connectivity index (χ2v) is 5.25. The van der Waals surface area contributed by atoms with Crippen molar-refractivity contribution in [2.24, 2.45) is 5.92 Å². The van der Waals surface area contributed by atoms with Gasteiger partial charge in [0.2, 0.25) is 0 Å². The molecule has 1 aliphatic rings. The zero-order chi connectivity index (χ0) is 18.1. The summed E-state index contributed by atoms with van der Waals surface area (Å²) in [5.41, 5.74) is 0.761. The number of allylic oxidation sites excluding steroid dienone is 6. The van der Waals surface area contributed by atoms with Crippen LogP contribution >= 0.6 is 0 Å². The van der Waals surface area contributed by atoms with E-state index < -0.39 is 5.97 Å². The first-order valence-corrected chi connectivity index (χ1v) is 7.43. The number of aliphatic carboxylic acids is 1. The van der Waals surface area contributed by atoms with Gasteiger partial charge in [0.1, 0.15) is 5.76 Å². The molecule has 0 unspecified atom stereocenters. The molecule has 0 aromatic rings. The van der Waals surface area contributed by atoms with Crippen molar-refractivity contribution < 1.29 is 30.0 Å². The Bertz CT molecular complexity index is 634. The Morgan fingerprint density at radius 3 is 2.67 bits per heavy atom.